The van der Waals surface area contributed by atoms with Crippen LogP contribution >= 0.6 is 11.6 Å². The predicted molar refractivity (Wildman–Crippen MR) is 94.5 cm³/mol. The van der Waals surface area contributed by atoms with Crippen LogP contribution in [0.15, 0.2) is 29.3 Å². The molecule has 0 aliphatic carbocycles. The van der Waals surface area contributed by atoms with Gasteiger partial charge < -0.3 is 19.7 Å². The Bertz CT molecular complexity index is 504. The van der Waals surface area contributed by atoms with Gasteiger partial charge in [0.1, 0.15) is 12.4 Å². The van der Waals surface area contributed by atoms with Crippen LogP contribution in [0.5, 0.6) is 5.75 Å². The van der Waals surface area contributed by atoms with Crippen molar-refractivity contribution in [2.75, 3.05) is 46.5 Å². The van der Waals surface area contributed by atoms with Crippen LogP contribution in [-0.2, 0) is 4.74 Å². The van der Waals surface area contributed by atoms with E-state index in [1.54, 1.807) is 0 Å². The third-order valence-corrected chi connectivity index (χ3v) is 4.01. The number of nitrogens with one attached hydrogen (secondary N) is 1. The van der Waals surface area contributed by atoms with E-state index in [2.05, 4.69) is 29.2 Å². The minimum absolute atomic E-state index is 0.499. The number of nitrogens with zero attached hydrogens (tertiary/aromatic N) is 2. The van der Waals surface area contributed by atoms with Crippen molar-refractivity contribution in [1.82, 2.24) is 10.2 Å². The lowest BCUT2D eigenvalue weighted by atomic mass is 10.1. The Morgan fingerprint density at radius 3 is 3.00 bits per heavy atom. The van der Waals surface area contributed by atoms with Gasteiger partial charge in [-0.3, -0.25) is 0 Å². The molecule has 1 aliphatic heterocycles. The van der Waals surface area contributed by atoms with Crippen LogP contribution in [0.2, 0.25) is 5.02 Å². The summed E-state index contributed by atoms with van der Waals surface area (Å²) in [6, 6.07) is 7.48. The van der Waals surface area contributed by atoms with Crippen LogP contribution in [0.3, 0.4) is 0 Å². The molecule has 0 spiro atoms. The normalized spacial score (nSPS) is 18.0. The molecule has 6 heteroatoms. The number of guanidine groups is 1. The van der Waals surface area contributed by atoms with Crippen LogP contribution in [-0.4, -0.2) is 57.4 Å². The third-order valence-electron chi connectivity index (χ3n) is 3.70. The lowest BCUT2D eigenvalue weighted by Crippen LogP contribution is -2.41. The Morgan fingerprint density at radius 2 is 2.30 bits per heavy atom. The summed E-state index contributed by atoms with van der Waals surface area (Å²) in [5.74, 6) is 2.19. The van der Waals surface area contributed by atoms with E-state index < -0.39 is 0 Å². The number of hydrogen-bond acceptors (Lipinski definition) is 3. The second-order valence-electron chi connectivity index (χ2n) is 5.62. The molecule has 1 fully saturated rings. The van der Waals surface area contributed by atoms with E-state index in [-0.39, 0.29) is 0 Å². The number of ether oxygens (including phenoxy) is 2. The van der Waals surface area contributed by atoms with Crippen LogP contribution < -0.4 is 10.1 Å². The first-order valence-electron chi connectivity index (χ1n) is 8.15. The highest BCUT2D eigenvalue weighted by Gasteiger charge is 2.18. The van der Waals surface area contributed by atoms with Gasteiger partial charge in [-0.15, -0.1) is 0 Å². The van der Waals surface area contributed by atoms with Gasteiger partial charge >= 0.3 is 0 Å². The number of rotatable bonds is 7. The Balaban J connectivity index is 1.81. The van der Waals surface area contributed by atoms with Crippen molar-refractivity contribution in [3.8, 4) is 5.75 Å². The second-order valence-corrected chi connectivity index (χ2v) is 6.03. The van der Waals surface area contributed by atoms with Crippen LogP contribution in [0.25, 0.3) is 0 Å². The molecule has 1 N–H and O–H groups in total. The summed E-state index contributed by atoms with van der Waals surface area (Å²) in [5.41, 5.74) is 0. The van der Waals surface area contributed by atoms with E-state index in [0.29, 0.717) is 29.8 Å². The van der Waals surface area contributed by atoms with Crippen molar-refractivity contribution < 1.29 is 9.47 Å². The van der Waals surface area contributed by atoms with Crippen molar-refractivity contribution in [2.45, 2.75) is 13.3 Å². The molecule has 1 atom stereocenters. The van der Waals surface area contributed by atoms with Gasteiger partial charge in [-0.2, -0.15) is 0 Å². The van der Waals surface area contributed by atoms with E-state index in [9.17, 15) is 0 Å². The average molecular weight is 340 g/mol. The van der Waals surface area contributed by atoms with Gasteiger partial charge in [0, 0.05) is 32.7 Å². The van der Waals surface area contributed by atoms with Gasteiger partial charge in [0.25, 0.3) is 0 Å². The summed E-state index contributed by atoms with van der Waals surface area (Å²) in [5, 5.41) is 3.95. The summed E-state index contributed by atoms with van der Waals surface area (Å²) in [7, 11) is 2.06. The fourth-order valence-corrected chi connectivity index (χ4v) is 2.73. The molecule has 0 radical (unpaired) electrons. The summed E-state index contributed by atoms with van der Waals surface area (Å²) in [6.07, 6.45) is 1.12. The quantitative estimate of drug-likeness (QED) is 0.471. The van der Waals surface area contributed by atoms with Crippen LogP contribution in [0.1, 0.15) is 13.3 Å². The zero-order valence-corrected chi connectivity index (χ0v) is 14.7. The summed E-state index contributed by atoms with van der Waals surface area (Å²) >= 11 is 6.07. The Morgan fingerprint density at radius 1 is 1.48 bits per heavy atom. The van der Waals surface area contributed by atoms with Crippen molar-refractivity contribution in [1.29, 1.82) is 0 Å². The molecule has 0 bridgehead atoms. The molecule has 1 saturated heterocycles. The van der Waals surface area contributed by atoms with Gasteiger partial charge in [-0.1, -0.05) is 23.7 Å². The lowest BCUT2D eigenvalue weighted by Gasteiger charge is -2.24. The molecule has 0 saturated carbocycles. The zero-order chi connectivity index (χ0) is 16.5. The Labute approximate surface area is 143 Å². The number of aliphatic imine (C=N–C) groups is 1. The fraction of sp³-hybridized carbons (Fsp3) is 0.588. The van der Waals surface area contributed by atoms with E-state index >= 15 is 0 Å². The monoisotopic (exact) mass is 339 g/mol. The van der Waals surface area contributed by atoms with Gasteiger partial charge in [0.2, 0.25) is 0 Å². The first-order valence-corrected chi connectivity index (χ1v) is 8.53. The predicted octanol–water partition coefficient (Wildman–Crippen LogP) is 2.65. The van der Waals surface area contributed by atoms with Crippen LogP contribution in [0.4, 0.5) is 0 Å². The van der Waals surface area contributed by atoms with E-state index in [0.717, 1.165) is 38.7 Å². The minimum atomic E-state index is 0.499. The maximum absolute atomic E-state index is 6.07. The maximum atomic E-state index is 6.07. The molecule has 1 aromatic rings. The summed E-state index contributed by atoms with van der Waals surface area (Å²) in [6.45, 7) is 6.67. The minimum Gasteiger partial charge on any atom is -0.490 e. The average Bonchev–Trinajstić information content (AvgIpc) is 3.05. The molecule has 1 heterocycles. The van der Waals surface area contributed by atoms with Gasteiger partial charge in [-0.05, 0) is 25.5 Å². The molecule has 5 nitrogen and oxygen atoms in total. The van der Waals surface area contributed by atoms with E-state index in [4.69, 9.17) is 21.1 Å². The number of benzene rings is 1. The van der Waals surface area contributed by atoms with Crippen molar-refractivity contribution in [2.24, 2.45) is 10.9 Å². The molecule has 1 aliphatic rings. The molecule has 0 amide bonds. The standard InChI is InChI=1S/C17H26ClN3O2/c1-3-19-17(21(2)12-14-8-10-22-13-14)20-9-11-23-16-7-5-4-6-15(16)18/h4-7,14H,3,8-13H2,1-2H3,(H,19,20). The van der Waals surface area contributed by atoms with Gasteiger partial charge in [0.15, 0.2) is 5.96 Å². The molecule has 1 aromatic carbocycles. The largest absolute Gasteiger partial charge is 0.490 e. The zero-order valence-electron chi connectivity index (χ0n) is 13.9. The van der Waals surface area contributed by atoms with E-state index in [1.165, 1.54) is 0 Å². The number of para-hydroxylation sites is 1. The molecule has 128 valence electrons. The highest BCUT2D eigenvalue weighted by atomic mass is 35.5. The fourth-order valence-electron chi connectivity index (χ4n) is 2.54. The highest BCUT2D eigenvalue weighted by molar-refractivity contribution is 6.32. The molecular weight excluding hydrogens is 314 g/mol. The Hall–Kier alpha value is -1.46. The second kappa shape index (κ2) is 9.63. The molecule has 23 heavy (non-hydrogen) atoms. The van der Waals surface area contributed by atoms with E-state index in [1.807, 2.05) is 24.3 Å². The van der Waals surface area contributed by atoms with Crippen LogP contribution in [0, 0.1) is 5.92 Å². The van der Waals surface area contributed by atoms with Gasteiger partial charge in [0.05, 0.1) is 18.2 Å². The molecule has 2 rings (SSSR count). The lowest BCUT2D eigenvalue weighted by molar-refractivity contribution is 0.181. The smallest absolute Gasteiger partial charge is 0.193 e. The van der Waals surface area contributed by atoms with Crippen molar-refractivity contribution >= 4 is 17.6 Å². The van der Waals surface area contributed by atoms with Gasteiger partial charge in [-0.25, -0.2) is 4.99 Å². The maximum Gasteiger partial charge on any atom is 0.193 e. The molecule has 0 aromatic heterocycles. The first-order chi connectivity index (χ1) is 11.2. The van der Waals surface area contributed by atoms with Crippen molar-refractivity contribution in [3.63, 3.8) is 0 Å². The third kappa shape index (κ3) is 5.92. The van der Waals surface area contributed by atoms with Crippen molar-refractivity contribution in [3.05, 3.63) is 29.3 Å². The summed E-state index contributed by atoms with van der Waals surface area (Å²) in [4.78, 5) is 6.79. The number of hydrogen-bond donors (Lipinski definition) is 1. The SMILES string of the molecule is CCNC(=NCCOc1ccccc1Cl)N(C)CC1CCOC1. The highest BCUT2D eigenvalue weighted by Crippen LogP contribution is 2.22. The number of halogens is 1. The molecule has 1 unspecified atom stereocenters. The summed E-state index contributed by atoms with van der Waals surface area (Å²) < 4.78 is 11.1. The first kappa shape index (κ1) is 17.9. The molecular formula is C17H26ClN3O2. The Kier molecular flexibility index (Phi) is 7.49. The topological polar surface area (TPSA) is 46.1 Å².